The van der Waals surface area contributed by atoms with Crippen molar-refractivity contribution >= 4 is 23.5 Å². The maximum atomic E-state index is 2.22. The van der Waals surface area contributed by atoms with Crippen LogP contribution in [-0.2, 0) is 0 Å². The van der Waals surface area contributed by atoms with Crippen LogP contribution in [0, 0.1) is 0 Å². The summed E-state index contributed by atoms with van der Waals surface area (Å²) in [6.07, 6.45) is 7.47. The van der Waals surface area contributed by atoms with E-state index in [2.05, 4.69) is 23.5 Å². The van der Waals surface area contributed by atoms with Gasteiger partial charge in [0.2, 0.25) is 0 Å². The van der Waals surface area contributed by atoms with E-state index in [9.17, 15) is 0 Å². The molecule has 11 heavy (non-hydrogen) atoms. The molecule has 0 aromatic heterocycles. The summed E-state index contributed by atoms with van der Waals surface area (Å²) in [7, 11) is 0. The molecule has 2 aliphatic heterocycles. The normalized spacial score (nSPS) is 38.2. The lowest BCUT2D eigenvalue weighted by atomic mass is 10.1. The van der Waals surface area contributed by atoms with E-state index in [1.165, 1.54) is 43.6 Å². The van der Waals surface area contributed by atoms with Gasteiger partial charge in [0.25, 0.3) is 0 Å². The second-order valence-electron chi connectivity index (χ2n) is 3.51. The lowest BCUT2D eigenvalue weighted by Gasteiger charge is -2.12. The summed E-state index contributed by atoms with van der Waals surface area (Å²) in [5.41, 5.74) is 0. The summed E-state index contributed by atoms with van der Waals surface area (Å²) >= 11 is 4.43. The third-order valence-corrected chi connectivity index (χ3v) is 5.42. The molecule has 0 amide bonds. The largest absolute Gasteiger partial charge is 0.159 e. The first-order valence-electron chi connectivity index (χ1n) is 4.68. The molecule has 0 N–H and O–H groups in total. The molecule has 2 unspecified atom stereocenters. The Balaban J connectivity index is 1.71. The first-order chi connectivity index (χ1) is 5.45. The van der Waals surface area contributed by atoms with Crippen molar-refractivity contribution in [3.05, 3.63) is 0 Å². The van der Waals surface area contributed by atoms with Gasteiger partial charge in [-0.1, -0.05) is 0 Å². The highest BCUT2D eigenvalue weighted by Gasteiger charge is 2.23. The fourth-order valence-electron chi connectivity index (χ4n) is 1.95. The minimum atomic E-state index is 1.03. The van der Waals surface area contributed by atoms with Crippen LogP contribution in [0.4, 0.5) is 0 Å². The highest BCUT2D eigenvalue weighted by molar-refractivity contribution is 8.01. The first kappa shape index (κ1) is 8.31. The van der Waals surface area contributed by atoms with E-state index in [1.54, 1.807) is 0 Å². The minimum Gasteiger partial charge on any atom is -0.159 e. The zero-order valence-corrected chi connectivity index (χ0v) is 8.55. The molecule has 0 aromatic carbocycles. The van der Waals surface area contributed by atoms with Crippen LogP contribution in [0.15, 0.2) is 0 Å². The predicted octanol–water partition coefficient (Wildman–Crippen LogP) is 3.17. The van der Waals surface area contributed by atoms with Crippen LogP contribution in [-0.4, -0.2) is 22.0 Å². The Hall–Kier alpha value is 0.700. The van der Waals surface area contributed by atoms with Crippen molar-refractivity contribution in [3.63, 3.8) is 0 Å². The standard InChI is InChI=1S/C9H16S2/c1-3-8(10-5-1)7-9-4-2-6-11-9/h8-9H,1-7H2. The highest BCUT2D eigenvalue weighted by atomic mass is 32.2. The molecular formula is C9H16S2. The summed E-state index contributed by atoms with van der Waals surface area (Å²) in [4.78, 5) is 0. The summed E-state index contributed by atoms with van der Waals surface area (Å²) in [5.74, 6) is 2.87. The zero-order valence-electron chi connectivity index (χ0n) is 6.92. The van der Waals surface area contributed by atoms with Crippen molar-refractivity contribution in [1.82, 2.24) is 0 Å². The van der Waals surface area contributed by atoms with Crippen molar-refractivity contribution in [2.24, 2.45) is 0 Å². The van der Waals surface area contributed by atoms with Gasteiger partial charge >= 0.3 is 0 Å². The van der Waals surface area contributed by atoms with Crippen molar-refractivity contribution in [2.75, 3.05) is 11.5 Å². The van der Waals surface area contributed by atoms with Gasteiger partial charge in [-0.15, -0.1) is 0 Å². The number of thioether (sulfide) groups is 2. The van der Waals surface area contributed by atoms with Crippen LogP contribution in [0.5, 0.6) is 0 Å². The van der Waals surface area contributed by atoms with Crippen LogP contribution in [0.1, 0.15) is 32.1 Å². The summed E-state index contributed by atoms with van der Waals surface area (Å²) in [5, 5.41) is 2.07. The van der Waals surface area contributed by atoms with Gasteiger partial charge in [-0.05, 0) is 43.6 Å². The van der Waals surface area contributed by atoms with Crippen LogP contribution in [0.3, 0.4) is 0 Å². The molecule has 2 saturated heterocycles. The van der Waals surface area contributed by atoms with E-state index in [0.717, 1.165) is 10.5 Å². The molecule has 0 bridgehead atoms. The average molecular weight is 188 g/mol. The Bertz CT molecular complexity index is 98.7. The molecule has 0 radical (unpaired) electrons. The van der Waals surface area contributed by atoms with Gasteiger partial charge in [0, 0.05) is 10.5 Å². The van der Waals surface area contributed by atoms with Gasteiger partial charge in [0.05, 0.1) is 0 Å². The summed E-state index contributed by atoms with van der Waals surface area (Å²) < 4.78 is 0. The molecule has 0 nitrogen and oxygen atoms in total. The van der Waals surface area contributed by atoms with Gasteiger partial charge in [0.15, 0.2) is 0 Å². The molecule has 2 atom stereocenters. The number of rotatable bonds is 2. The van der Waals surface area contributed by atoms with Crippen LogP contribution in [0.25, 0.3) is 0 Å². The van der Waals surface area contributed by atoms with Crippen molar-refractivity contribution in [3.8, 4) is 0 Å². The lowest BCUT2D eigenvalue weighted by molar-refractivity contribution is 0.664. The molecule has 2 heterocycles. The topological polar surface area (TPSA) is 0 Å². The quantitative estimate of drug-likeness (QED) is 0.653. The van der Waals surface area contributed by atoms with E-state index in [0.29, 0.717) is 0 Å². The zero-order chi connectivity index (χ0) is 7.52. The Morgan fingerprint density at radius 3 is 1.82 bits per heavy atom. The van der Waals surface area contributed by atoms with E-state index in [1.807, 2.05) is 0 Å². The third kappa shape index (κ3) is 2.32. The second-order valence-corrected chi connectivity index (χ2v) is 6.32. The van der Waals surface area contributed by atoms with E-state index < -0.39 is 0 Å². The van der Waals surface area contributed by atoms with Crippen LogP contribution < -0.4 is 0 Å². The van der Waals surface area contributed by atoms with Gasteiger partial charge in [-0.25, -0.2) is 0 Å². The summed E-state index contributed by atoms with van der Waals surface area (Å²) in [6, 6.07) is 0. The SMILES string of the molecule is C1CSC(CC2CCCS2)C1. The fraction of sp³-hybridized carbons (Fsp3) is 1.00. The highest BCUT2D eigenvalue weighted by Crippen LogP contribution is 2.36. The summed E-state index contributed by atoms with van der Waals surface area (Å²) in [6.45, 7) is 0. The molecule has 2 aliphatic rings. The monoisotopic (exact) mass is 188 g/mol. The minimum absolute atomic E-state index is 1.03. The molecule has 64 valence electrons. The first-order valence-corrected chi connectivity index (χ1v) is 6.78. The molecule has 2 fully saturated rings. The van der Waals surface area contributed by atoms with Crippen LogP contribution >= 0.6 is 23.5 Å². The molecule has 0 aliphatic carbocycles. The number of hydrogen-bond donors (Lipinski definition) is 0. The predicted molar refractivity (Wildman–Crippen MR) is 55.6 cm³/mol. The van der Waals surface area contributed by atoms with Crippen LogP contribution in [0.2, 0.25) is 0 Å². The van der Waals surface area contributed by atoms with Gasteiger partial charge < -0.3 is 0 Å². The second kappa shape index (κ2) is 4.08. The third-order valence-electron chi connectivity index (χ3n) is 2.57. The molecule has 2 rings (SSSR count). The Morgan fingerprint density at radius 2 is 1.45 bits per heavy atom. The van der Waals surface area contributed by atoms with Gasteiger partial charge in [-0.2, -0.15) is 23.5 Å². The molecule has 0 spiro atoms. The molecule has 0 aromatic rings. The van der Waals surface area contributed by atoms with Crippen molar-refractivity contribution in [2.45, 2.75) is 42.6 Å². The van der Waals surface area contributed by atoms with E-state index >= 15 is 0 Å². The van der Waals surface area contributed by atoms with Crippen molar-refractivity contribution in [1.29, 1.82) is 0 Å². The Labute approximate surface area is 77.9 Å². The fourth-order valence-corrected chi connectivity index (χ4v) is 4.81. The maximum absolute atomic E-state index is 2.22. The number of hydrogen-bond acceptors (Lipinski definition) is 2. The van der Waals surface area contributed by atoms with E-state index in [-0.39, 0.29) is 0 Å². The molecule has 0 saturated carbocycles. The smallest absolute Gasteiger partial charge is 0.00578 e. The maximum Gasteiger partial charge on any atom is 0.00578 e. The molecule has 2 heteroatoms. The van der Waals surface area contributed by atoms with Crippen molar-refractivity contribution < 1.29 is 0 Å². The Morgan fingerprint density at radius 1 is 0.909 bits per heavy atom. The van der Waals surface area contributed by atoms with Gasteiger partial charge in [0.1, 0.15) is 0 Å². The van der Waals surface area contributed by atoms with E-state index in [4.69, 9.17) is 0 Å². The average Bonchev–Trinajstić information content (AvgIpc) is 2.60. The Kier molecular flexibility index (Phi) is 3.08. The molecular weight excluding hydrogens is 172 g/mol. The lowest BCUT2D eigenvalue weighted by Crippen LogP contribution is -2.06. The van der Waals surface area contributed by atoms with Gasteiger partial charge in [-0.3, -0.25) is 0 Å².